The Morgan fingerprint density at radius 1 is 1.33 bits per heavy atom. The Balaban J connectivity index is 1.85. The van der Waals surface area contributed by atoms with E-state index in [0.717, 1.165) is 30.9 Å². The van der Waals surface area contributed by atoms with Crippen molar-refractivity contribution in [1.82, 2.24) is 15.5 Å². The number of hydrogen-bond donors (Lipinski definition) is 1. The fourth-order valence-electron chi connectivity index (χ4n) is 2.58. The summed E-state index contributed by atoms with van der Waals surface area (Å²) >= 11 is 1.82. The van der Waals surface area contributed by atoms with Gasteiger partial charge in [0.1, 0.15) is 0 Å². The van der Waals surface area contributed by atoms with Crippen LogP contribution >= 0.6 is 11.8 Å². The first-order chi connectivity index (χ1) is 10.2. The van der Waals surface area contributed by atoms with Gasteiger partial charge in [0.15, 0.2) is 5.82 Å². The molecule has 1 atom stereocenters. The summed E-state index contributed by atoms with van der Waals surface area (Å²) in [5.41, 5.74) is 1.04. The highest BCUT2D eigenvalue weighted by molar-refractivity contribution is 8.00. The molecule has 112 valence electrons. The van der Waals surface area contributed by atoms with Crippen LogP contribution in [0.3, 0.4) is 0 Å². The minimum atomic E-state index is 0.376. The monoisotopic (exact) mass is 303 g/mol. The second-order valence-electron chi connectivity index (χ2n) is 5.66. The maximum atomic E-state index is 5.52. The van der Waals surface area contributed by atoms with Crippen molar-refractivity contribution in [2.75, 3.05) is 13.1 Å². The summed E-state index contributed by atoms with van der Waals surface area (Å²) in [4.78, 5) is 5.84. The van der Waals surface area contributed by atoms with E-state index in [1.165, 1.54) is 11.3 Å². The van der Waals surface area contributed by atoms with Crippen LogP contribution in [0.5, 0.6) is 0 Å². The Bertz CT molecular complexity index is 591. The topological polar surface area (TPSA) is 51.0 Å². The van der Waals surface area contributed by atoms with Crippen molar-refractivity contribution in [3.05, 3.63) is 30.1 Å². The zero-order valence-corrected chi connectivity index (χ0v) is 13.3. The molecule has 0 amide bonds. The highest BCUT2D eigenvalue weighted by atomic mass is 32.2. The second kappa shape index (κ2) is 6.62. The first kappa shape index (κ1) is 14.6. The fourth-order valence-corrected chi connectivity index (χ4v) is 3.53. The molecule has 1 aliphatic rings. The Morgan fingerprint density at radius 2 is 2.19 bits per heavy atom. The number of thioether (sulfide) groups is 1. The molecule has 0 aliphatic carbocycles. The van der Waals surface area contributed by atoms with Gasteiger partial charge in [-0.15, -0.1) is 11.8 Å². The molecular formula is C16H21N3OS. The van der Waals surface area contributed by atoms with E-state index >= 15 is 0 Å². The van der Waals surface area contributed by atoms with Crippen molar-refractivity contribution in [3.63, 3.8) is 0 Å². The quantitative estimate of drug-likeness (QED) is 0.873. The van der Waals surface area contributed by atoms with Crippen molar-refractivity contribution in [3.8, 4) is 11.5 Å². The Hall–Kier alpha value is -1.33. The molecule has 2 heterocycles. The average molecular weight is 303 g/mol. The van der Waals surface area contributed by atoms with Gasteiger partial charge in [0.2, 0.25) is 0 Å². The van der Waals surface area contributed by atoms with Gasteiger partial charge in [0.25, 0.3) is 5.89 Å². The summed E-state index contributed by atoms with van der Waals surface area (Å²) in [6, 6.07) is 8.25. The third-order valence-corrected chi connectivity index (χ3v) is 4.67. The van der Waals surface area contributed by atoms with Gasteiger partial charge < -0.3 is 9.84 Å². The summed E-state index contributed by atoms with van der Waals surface area (Å²) in [5, 5.41) is 8.12. The van der Waals surface area contributed by atoms with Crippen LogP contribution in [0, 0.1) is 0 Å². The zero-order chi connectivity index (χ0) is 14.7. The Morgan fingerprint density at radius 3 is 2.95 bits per heavy atom. The summed E-state index contributed by atoms with van der Waals surface area (Å²) < 4.78 is 5.52. The van der Waals surface area contributed by atoms with E-state index in [1.807, 2.05) is 17.8 Å². The minimum Gasteiger partial charge on any atom is -0.334 e. The van der Waals surface area contributed by atoms with Gasteiger partial charge in [-0.05, 0) is 31.5 Å². The first-order valence-electron chi connectivity index (χ1n) is 7.54. The summed E-state index contributed by atoms with van der Waals surface area (Å²) in [6.07, 6.45) is 2.31. The van der Waals surface area contributed by atoms with Crippen molar-refractivity contribution in [1.29, 1.82) is 0 Å². The lowest BCUT2D eigenvalue weighted by molar-refractivity contribution is 0.393. The van der Waals surface area contributed by atoms with Gasteiger partial charge in [-0.2, -0.15) is 4.98 Å². The van der Waals surface area contributed by atoms with Crippen LogP contribution < -0.4 is 5.32 Å². The highest BCUT2D eigenvalue weighted by Gasteiger charge is 2.22. The smallest absolute Gasteiger partial charge is 0.259 e. The lowest BCUT2D eigenvalue weighted by atomic mass is 9.99. The molecular weight excluding hydrogens is 282 g/mol. The Labute approximate surface area is 129 Å². The molecule has 4 nitrogen and oxygen atoms in total. The van der Waals surface area contributed by atoms with E-state index in [0.29, 0.717) is 17.1 Å². The molecule has 1 N–H and O–H groups in total. The number of hydrogen-bond acceptors (Lipinski definition) is 5. The van der Waals surface area contributed by atoms with E-state index in [2.05, 4.69) is 47.5 Å². The van der Waals surface area contributed by atoms with Gasteiger partial charge >= 0.3 is 0 Å². The van der Waals surface area contributed by atoms with E-state index in [1.54, 1.807) is 0 Å². The molecule has 0 saturated carbocycles. The average Bonchev–Trinajstić information content (AvgIpc) is 2.98. The molecule has 5 heteroatoms. The lowest BCUT2D eigenvalue weighted by Gasteiger charge is -2.19. The number of nitrogens with one attached hydrogen (secondary N) is 1. The fraction of sp³-hybridized carbons (Fsp3) is 0.500. The highest BCUT2D eigenvalue weighted by Crippen LogP contribution is 2.33. The van der Waals surface area contributed by atoms with Crippen LogP contribution in [0.15, 0.2) is 33.7 Å². The predicted octanol–water partition coefficient (Wildman–Crippen LogP) is 3.70. The summed E-state index contributed by atoms with van der Waals surface area (Å²) in [6.45, 7) is 6.42. The van der Waals surface area contributed by atoms with Crippen molar-refractivity contribution >= 4 is 11.8 Å². The minimum absolute atomic E-state index is 0.376. The molecule has 0 spiro atoms. The second-order valence-corrected chi connectivity index (χ2v) is 7.28. The molecule has 21 heavy (non-hydrogen) atoms. The maximum Gasteiger partial charge on any atom is 0.259 e. The number of rotatable bonds is 4. The van der Waals surface area contributed by atoms with E-state index in [9.17, 15) is 0 Å². The van der Waals surface area contributed by atoms with Gasteiger partial charge in [-0.25, -0.2) is 0 Å². The number of piperidine rings is 1. The molecule has 1 aromatic carbocycles. The van der Waals surface area contributed by atoms with Crippen LogP contribution in [0.1, 0.15) is 38.4 Å². The number of aromatic nitrogens is 2. The van der Waals surface area contributed by atoms with Gasteiger partial charge in [-0.3, -0.25) is 0 Å². The van der Waals surface area contributed by atoms with Crippen molar-refractivity contribution < 1.29 is 4.52 Å². The SMILES string of the molecule is CC(C)Sc1ccccc1-c1nc(C2CCCNC2)no1. The maximum absolute atomic E-state index is 5.52. The number of nitrogens with zero attached hydrogens (tertiary/aromatic N) is 2. The molecule has 0 bridgehead atoms. The van der Waals surface area contributed by atoms with Crippen LogP contribution in [0.2, 0.25) is 0 Å². The van der Waals surface area contributed by atoms with Gasteiger partial charge in [0, 0.05) is 22.6 Å². The molecule has 1 saturated heterocycles. The van der Waals surface area contributed by atoms with E-state index in [-0.39, 0.29) is 0 Å². The van der Waals surface area contributed by atoms with Gasteiger partial charge in [-0.1, -0.05) is 31.1 Å². The summed E-state index contributed by atoms with van der Waals surface area (Å²) in [7, 11) is 0. The molecule has 3 rings (SSSR count). The summed E-state index contributed by atoms with van der Waals surface area (Å²) in [5.74, 6) is 1.85. The molecule has 1 fully saturated rings. The van der Waals surface area contributed by atoms with Crippen LogP contribution in [0.25, 0.3) is 11.5 Å². The zero-order valence-electron chi connectivity index (χ0n) is 12.5. The van der Waals surface area contributed by atoms with Crippen LogP contribution in [0.4, 0.5) is 0 Å². The van der Waals surface area contributed by atoms with Crippen LogP contribution in [-0.4, -0.2) is 28.5 Å². The molecule has 0 radical (unpaired) electrons. The molecule has 2 aromatic rings. The van der Waals surface area contributed by atoms with Gasteiger partial charge in [0.05, 0.1) is 5.56 Å². The first-order valence-corrected chi connectivity index (χ1v) is 8.42. The van der Waals surface area contributed by atoms with Crippen molar-refractivity contribution in [2.45, 2.75) is 42.8 Å². The largest absolute Gasteiger partial charge is 0.334 e. The molecule has 1 unspecified atom stereocenters. The van der Waals surface area contributed by atoms with E-state index < -0.39 is 0 Å². The third-order valence-electron chi connectivity index (χ3n) is 3.58. The molecule has 1 aliphatic heterocycles. The lowest BCUT2D eigenvalue weighted by Crippen LogP contribution is -2.28. The van der Waals surface area contributed by atoms with Crippen molar-refractivity contribution in [2.24, 2.45) is 0 Å². The molecule has 1 aromatic heterocycles. The van der Waals surface area contributed by atoms with Crippen LogP contribution in [-0.2, 0) is 0 Å². The third kappa shape index (κ3) is 3.47. The predicted molar refractivity (Wildman–Crippen MR) is 85.6 cm³/mol. The van der Waals surface area contributed by atoms with E-state index in [4.69, 9.17) is 4.52 Å². The normalized spacial score (nSPS) is 19.1. The number of benzene rings is 1. The standard InChI is InChI=1S/C16H21N3OS/c1-11(2)21-14-8-4-3-7-13(14)16-18-15(19-20-16)12-6-5-9-17-10-12/h3-4,7-8,11-12,17H,5-6,9-10H2,1-2H3. The Kier molecular flexibility index (Phi) is 4.60.